The van der Waals surface area contributed by atoms with Gasteiger partial charge in [-0.25, -0.2) is 8.42 Å². The summed E-state index contributed by atoms with van der Waals surface area (Å²) in [7, 11) is -3.51. The molecule has 2 aromatic rings. The molecule has 112 valence electrons. The SMILES string of the molecule is CCN(Cc1ccccc1)S(=O)(=O)c1ccc(C)cc1Br. The van der Waals surface area contributed by atoms with Crippen LogP contribution in [0.1, 0.15) is 18.1 Å². The van der Waals surface area contributed by atoms with Crippen LogP contribution in [-0.2, 0) is 16.6 Å². The van der Waals surface area contributed by atoms with Gasteiger partial charge in [0.15, 0.2) is 0 Å². The zero-order valence-corrected chi connectivity index (χ0v) is 14.5. The highest BCUT2D eigenvalue weighted by molar-refractivity contribution is 9.10. The van der Waals surface area contributed by atoms with Gasteiger partial charge < -0.3 is 0 Å². The van der Waals surface area contributed by atoms with Gasteiger partial charge in [0.05, 0.1) is 4.90 Å². The molecule has 2 rings (SSSR count). The Balaban J connectivity index is 2.36. The van der Waals surface area contributed by atoms with E-state index in [-0.39, 0.29) is 0 Å². The van der Waals surface area contributed by atoms with E-state index in [0.29, 0.717) is 22.5 Å². The van der Waals surface area contributed by atoms with E-state index in [0.717, 1.165) is 11.1 Å². The highest BCUT2D eigenvalue weighted by Crippen LogP contribution is 2.27. The fourth-order valence-electron chi connectivity index (χ4n) is 2.11. The Morgan fingerprint density at radius 2 is 1.76 bits per heavy atom. The van der Waals surface area contributed by atoms with Crippen LogP contribution < -0.4 is 0 Å². The summed E-state index contributed by atoms with van der Waals surface area (Å²) in [5.74, 6) is 0. The minimum Gasteiger partial charge on any atom is -0.207 e. The Hall–Kier alpha value is -1.17. The maximum absolute atomic E-state index is 12.8. The van der Waals surface area contributed by atoms with Crippen molar-refractivity contribution >= 4 is 26.0 Å². The highest BCUT2D eigenvalue weighted by Gasteiger charge is 2.25. The summed E-state index contributed by atoms with van der Waals surface area (Å²) < 4.78 is 27.7. The number of aryl methyl sites for hydroxylation is 1. The van der Waals surface area contributed by atoms with Crippen molar-refractivity contribution in [1.82, 2.24) is 4.31 Å². The molecular formula is C16H18BrNO2S. The van der Waals surface area contributed by atoms with Crippen LogP contribution in [0.3, 0.4) is 0 Å². The molecule has 2 aromatic carbocycles. The predicted octanol–water partition coefficient (Wildman–Crippen LogP) is 3.97. The lowest BCUT2D eigenvalue weighted by Gasteiger charge is -2.21. The standard InChI is InChI=1S/C16H18BrNO2S/c1-3-18(12-14-7-5-4-6-8-14)21(19,20)16-10-9-13(2)11-15(16)17/h4-11H,3,12H2,1-2H3. The molecule has 0 aromatic heterocycles. The molecule has 3 nitrogen and oxygen atoms in total. The van der Waals surface area contributed by atoms with Gasteiger partial charge in [-0.1, -0.05) is 43.3 Å². The Kier molecular flexibility index (Phi) is 5.19. The van der Waals surface area contributed by atoms with Crippen molar-refractivity contribution in [1.29, 1.82) is 0 Å². The van der Waals surface area contributed by atoms with Crippen LogP contribution in [-0.4, -0.2) is 19.3 Å². The first kappa shape index (κ1) is 16.2. The Labute approximate surface area is 134 Å². The van der Waals surface area contributed by atoms with E-state index in [1.165, 1.54) is 4.31 Å². The van der Waals surface area contributed by atoms with E-state index in [9.17, 15) is 8.42 Å². The molecule has 5 heteroatoms. The number of halogens is 1. The van der Waals surface area contributed by atoms with Crippen molar-refractivity contribution in [2.75, 3.05) is 6.54 Å². The third-order valence-corrected chi connectivity index (χ3v) is 6.16. The quantitative estimate of drug-likeness (QED) is 0.801. The average molecular weight is 368 g/mol. The minimum atomic E-state index is -3.51. The first-order valence-electron chi connectivity index (χ1n) is 6.75. The second-order valence-corrected chi connectivity index (χ2v) is 7.61. The normalized spacial score (nSPS) is 11.8. The van der Waals surface area contributed by atoms with Crippen molar-refractivity contribution in [3.8, 4) is 0 Å². The van der Waals surface area contributed by atoms with Crippen LogP contribution >= 0.6 is 15.9 Å². The fraction of sp³-hybridized carbons (Fsp3) is 0.250. The van der Waals surface area contributed by atoms with E-state index < -0.39 is 10.0 Å². The summed E-state index contributed by atoms with van der Waals surface area (Å²) in [6.07, 6.45) is 0. The van der Waals surface area contributed by atoms with Gasteiger partial charge in [-0.15, -0.1) is 0 Å². The maximum atomic E-state index is 12.8. The lowest BCUT2D eigenvalue weighted by molar-refractivity contribution is 0.423. The number of nitrogens with zero attached hydrogens (tertiary/aromatic N) is 1. The summed E-state index contributed by atoms with van der Waals surface area (Å²) in [5.41, 5.74) is 2.00. The van der Waals surface area contributed by atoms with Gasteiger partial charge in [-0.05, 0) is 46.1 Å². The van der Waals surface area contributed by atoms with Gasteiger partial charge in [0, 0.05) is 17.6 Å². The number of sulfonamides is 1. The van der Waals surface area contributed by atoms with Crippen LogP contribution in [0.25, 0.3) is 0 Å². The molecule has 0 saturated carbocycles. The van der Waals surface area contributed by atoms with Gasteiger partial charge in [0.2, 0.25) is 10.0 Å². The third-order valence-electron chi connectivity index (χ3n) is 3.26. The molecule has 0 radical (unpaired) electrons. The monoisotopic (exact) mass is 367 g/mol. The summed E-state index contributed by atoms with van der Waals surface area (Å²) in [5, 5.41) is 0. The summed E-state index contributed by atoms with van der Waals surface area (Å²) >= 11 is 3.36. The molecule has 0 bridgehead atoms. The lowest BCUT2D eigenvalue weighted by atomic mass is 10.2. The Bertz CT molecular complexity index is 714. The third kappa shape index (κ3) is 3.73. The number of rotatable bonds is 5. The first-order chi connectivity index (χ1) is 9.95. The molecule has 0 heterocycles. The van der Waals surface area contributed by atoms with E-state index in [1.807, 2.05) is 56.3 Å². The van der Waals surface area contributed by atoms with E-state index >= 15 is 0 Å². The second kappa shape index (κ2) is 6.73. The molecule has 0 aliphatic carbocycles. The van der Waals surface area contributed by atoms with Crippen LogP contribution in [0.15, 0.2) is 57.9 Å². The van der Waals surface area contributed by atoms with Crippen molar-refractivity contribution in [3.63, 3.8) is 0 Å². The molecule has 0 N–H and O–H groups in total. The lowest BCUT2D eigenvalue weighted by Crippen LogP contribution is -2.30. The molecule has 0 fully saturated rings. The maximum Gasteiger partial charge on any atom is 0.244 e. The molecule has 0 amide bonds. The van der Waals surface area contributed by atoms with Gasteiger partial charge in [-0.3, -0.25) is 0 Å². The largest absolute Gasteiger partial charge is 0.244 e. The van der Waals surface area contributed by atoms with Crippen LogP contribution in [0.2, 0.25) is 0 Å². The van der Waals surface area contributed by atoms with Crippen molar-refractivity contribution in [2.45, 2.75) is 25.3 Å². The van der Waals surface area contributed by atoms with Crippen LogP contribution in [0.4, 0.5) is 0 Å². The van der Waals surface area contributed by atoms with E-state index in [2.05, 4.69) is 15.9 Å². The zero-order chi connectivity index (χ0) is 15.5. The number of hydrogen-bond acceptors (Lipinski definition) is 2. The molecule has 0 unspecified atom stereocenters. The van der Waals surface area contributed by atoms with Crippen molar-refractivity contribution in [2.24, 2.45) is 0 Å². The van der Waals surface area contributed by atoms with Gasteiger partial charge >= 0.3 is 0 Å². The number of benzene rings is 2. The second-order valence-electron chi connectivity index (χ2n) is 4.85. The number of hydrogen-bond donors (Lipinski definition) is 0. The Morgan fingerprint density at radius 1 is 1.10 bits per heavy atom. The molecule has 0 atom stereocenters. The predicted molar refractivity (Wildman–Crippen MR) is 88.6 cm³/mol. The molecule has 0 saturated heterocycles. The van der Waals surface area contributed by atoms with Crippen LogP contribution in [0, 0.1) is 6.92 Å². The first-order valence-corrected chi connectivity index (χ1v) is 8.98. The smallest absolute Gasteiger partial charge is 0.207 e. The minimum absolute atomic E-state index is 0.311. The summed E-state index contributed by atoms with van der Waals surface area (Å²) in [6.45, 7) is 4.59. The molecular weight excluding hydrogens is 350 g/mol. The van der Waals surface area contributed by atoms with Gasteiger partial charge in [0.1, 0.15) is 0 Å². The van der Waals surface area contributed by atoms with Gasteiger partial charge in [0.25, 0.3) is 0 Å². The molecule has 0 spiro atoms. The Morgan fingerprint density at radius 3 is 2.33 bits per heavy atom. The average Bonchev–Trinajstić information content (AvgIpc) is 2.45. The summed E-state index contributed by atoms with van der Waals surface area (Å²) in [6, 6.07) is 14.9. The van der Waals surface area contributed by atoms with Crippen molar-refractivity contribution in [3.05, 3.63) is 64.1 Å². The molecule has 0 aliphatic heterocycles. The van der Waals surface area contributed by atoms with Crippen molar-refractivity contribution < 1.29 is 8.42 Å². The van der Waals surface area contributed by atoms with E-state index in [4.69, 9.17) is 0 Å². The molecule has 21 heavy (non-hydrogen) atoms. The fourth-order valence-corrected chi connectivity index (χ4v) is 4.70. The van der Waals surface area contributed by atoms with E-state index in [1.54, 1.807) is 6.07 Å². The molecule has 0 aliphatic rings. The summed E-state index contributed by atoms with van der Waals surface area (Å²) in [4.78, 5) is 0.311. The highest BCUT2D eigenvalue weighted by atomic mass is 79.9. The van der Waals surface area contributed by atoms with Crippen LogP contribution in [0.5, 0.6) is 0 Å². The zero-order valence-electron chi connectivity index (χ0n) is 12.1. The van der Waals surface area contributed by atoms with Gasteiger partial charge in [-0.2, -0.15) is 4.31 Å². The topological polar surface area (TPSA) is 37.4 Å².